The first-order chi connectivity index (χ1) is 14.6. The molecule has 30 heavy (non-hydrogen) atoms. The van der Waals surface area contributed by atoms with Crippen molar-refractivity contribution in [3.05, 3.63) is 52.8 Å². The molecule has 1 N–H and O–H groups in total. The van der Waals surface area contributed by atoms with Gasteiger partial charge in [-0.1, -0.05) is 40.7 Å². The van der Waals surface area contributed by atoms with Gasteiger partial charge in [0.15, 0.2) is 16.6 Å². The van der Waals surface area contributed by atoms with Gasteiger partial charge in [0.05, 0.1) is 11.1 Å². The maximum Gasteiger partial charge on any atom is 0.236 e. The van der Waals surface area contributed by atoms with Crippen molar-refractivity contribution in [2.45, 2.75) is 12.1 Å². The molecular formula is C19H13ClN6O2S2. The third-order valence-corrected chi connectivity index (χ3v) is 6.41. The topological polar surface area (TPSA) is 98.2 Å². The van der Waals surface area contributed by atoms with Crippen molar-refractivity contribution in [3.63, 3.8) is 0 Å². The highest BCUT2D eigenvalue weighted by Gasteiger charge is 2.17. The molecule has 0 saturated carbocycles. The number of nitrogens with one attached hydrogen (secondary N) is 1. The number of nitrogens with zero attached hydrogens (tertiary/aromatic N) is 5. The van der Waals surface area contributed by atoms with Gasteiger partial charge in [-0.3, -0.25) is 9.20 Å². The summed E-state index contributed by atoms with van der Waals surface area (Å²) < 4.78 is 6.75. The first kappa shape index (κ1) is 19.0. The van der Waals surface area contributed by atoms with Gasteiger partial charge in [-0.25, -0.2) is 4.98 Å². The van der Waals surface area contributed by atoms with Crippen LogP contribution in [0.4, 0.5) is 5.82 Å². The monoisotopic (exact) mass is 456 g/mol. The number of carbonyl (C=O) groups is 1. The van der Waals surface area contributed by atoms with Crippen LogP contribution in [0.15, 0.2) is 51.7 Å². The van der Waals surface area contributed by atoms with Gasteiger partial charge in [-0.05, 0) is 24.6 Å². The van der Waals surface area contributed by atoms with Crippen LogP contribution in [0.25, 0.3) is 27.0 Å². The molecular weight excluding hydrogens is 444 g/mol. The summed E-state index contributed by atoms with van der Waals surface area (Å²) in [7, 11) is 0. The largest absolute Gasteiger partial charge is 0.360 e. The number of fused-ring (bicyclic) bond motifs is 3. The van der Waals surface area contributed by atoms with Gasteiger partial charge in [-0.15, -0.1) is 21.5 Å². The molecule has 11 heteroatoms. The average molecular weight is 457 g/mol. The van der Waals surface area contributed by atoms with E-state index in [0.717, 1.165) is 21.3 Å². The third kappa shape index (κ3) is 3.53. The van der Waals surface area contributed by atoms with E-state index < -0.39 is 0 Å². The number of hydrogen-bond donors (Lipinski definition) is 1. The van der Waals surface area contributed by atoms with Crippen LogP contribution < -0.4 is 5.32 Å². The summed E-state index contributed by atoms with van der Waals surface area (Å²) >= 11 is 8.84. The smallest absolute Gasteiger partial charge is 0.236 e. The molecule has 0 atom stereocenters. The minimum atomic E-state index is -0.212. The van der Waals surface area contributed by atoms with Crippen molar-refractivity contribution in [2.75, 3.05) is 11.1 Å². The maximum atomic E-state index is 12.2. The second-order valence-electron chi connectivity index (χ2n) is 6.42. The van der Waals surface area contributed by atoms with E-state index in [1.165, 1.54) is 11.8 Å². The minimum Gasteiger partial charge on any atom is -0.360 e. The quantitative estimate of drug-likeness (QED) is 0.383. The number of thioether (sulfide) groups is 1. The standard InChI is InChI=1S/C19H13ClN6O2S2/c1-10-6-14(25-28-10)22-15(27)8-30-19-24-23-17-16-13(11-2-4-12(20)5-3-11)7-29-18(16)21-9-26(17)19/h2-7,9H,8H2,1H3,(H,22,25,27). The van der Waals surface area contributed by atoms with E-state index in [9.17, 15) is 4.79 Å². The number of benzene rings is 1. The molecule has 0 aliphatic heterocycles. The Morgan fingerprint density at radius 3 is 2.90 bits per heavy atom. The number of thiophene rings is 1. The van der Waals surface area contributed by atoms with Crippen LogP contribution in [0.5, 0.6) is 0 Å². The molecule has 0 aliphatic rings. The molecule has 0 spiro atoms. The molecule has 1 amide bonds. The van der Waals surface area contributed by atoms with E-state index in [1.807, 2.05) is 24.3 Å². The minimum absolute atomic E-state index is 0.151. The molecule has 4 aromatic heterocycles. The number of hydrogen-bond acceptors (Lipinski definition) is 8. The Hall–Kier alpha value is -2.95. The zero-order chi connectivity index (χ0) is 20.7. The predicted molar refractivity (Wildman–Crippen MR) is 117 cm³/mol. The highest BCUT2D eigenvalue weighted by atomic mass is 35.5. The maximum absolute atomic E-state index is 12.2. The Bertz CT molecular complexity index is 1380. The van der Waals surface area contributed by atoms with Crippen LogP contribution in [0.3, 0.4) is 0 Å². The molecule has 1 aromatic carbocycles. The van der Waals surface area contributed by atoms with Crippen molar-refractivity contribution in [1.29, 1.82) is 0 Å². The molecule has 8 nitrogen and oxygen atoms in total. The lowest BCUT2D eigenvalue weighted by atomic mass is 10.1. The molecule has 0 saturated heterocycles. The van der Waals surface area contributed by atoms with Crippen molar-refractivity contribution < 1.29 is 9.32 Å². The van der Waals surface area contributed by atoms with Gasteiger partial charge in [0, 0.05) is 22.0 Å². The van der Waals surface area contributed by atoms with E-state index in [4.69, 9.17) is 16.1 Å². The molecule has 0 radical (unpaired) electrons. The Balaban J connectivity index is 1.43. The summed E-state index contributed by atoms with van der Waals surface area (Å²) in [6, 6.07) is 9.30. The number of aryl methyl sites for hydroxylation is 1. The zero-order valence-electron chi connectivity index (χ0n) is 15.5. The van der Waals surface area contributed by atoms with Gasteiger partial charge < -0.3 is 9.84 Å². The summed E-state index contributed by atoms with van der Waals surface area (Å²) in [6.45, 7) is 1.76. The molecule has 0 aliphatic carbocycles. The zero-order valence-corrected chi connectivity index (χ0v) is 17.9. The number of rotatable bonds is 5. The first-order valence-electron chi connectivity index (χ1n) is 8.81. The Morgan fingerprint density at radius 1 is 1.30 bits per heavy atom. The Labute approximate surface area is 183 Å². The highest BCUT2D eigenvalue weighted by molar-refractivity contribution is 7.99. The van der Waals surface area contributed by atoms with E-state index in [-0.39, 0.29) is 11.7 Å². The molecule has 4 heterocycles. The van der Waals surface area contributed by atoms with Crippen LogP contribution in [-0.4, -0.2) is 36.4 Å². The highest BCUT2D eigenvalue weighted by Crippen LogP contribution is 2.36. The van der Waals surface area contributed by atoms with Gasteiger partial charge in [-0.2, -0.15) is 0 Å². The molecule has 0 bridgehead atoms. The van der Waals surface area contributed by atoms with Gasteiger partial charge in [0.25, 0.3) is 0 Å². The second kappa shape index (κ2) is 7.71. The van der Waals surface area contributed by atoms with E-state index >= 15 is 0 Å². The van der Waals surface area contributed by atoms with E-state index in [1.54, 1.807) is 35.1 Å². The molecule has 150 valence electrons. The van der Waals surface area contributed by atoms with Crippen molar-refractivity contribution in [2.24, 2.45) is 0 Å². The number of amides is 1. The fraction of sp³-hybridized carbons (Fsp3) is 0.105. The van der Waals surface area contributed by atoms with Crippen LogP contribution in [0, 0.1) is 6.92 Å². The second-order valence-corrected chi connectivity index (χ2v) is 8.65. The number of carbonyl (C=O) groups excluding carboxylic acids is 1. The van der Waals surface area contributed by atoms with E-state index in [0.29, 0.717) is 27.4 Å². The normalized spacial score (nSPS) is 11.4. The summed E-state index contributed by atoms with van der Waals surface area (Å²) in [5.74, 6) is 0.956. The molecule has 5 rings (SSSR count). The lowest BCUT2D eigenvalue weighted by Crippen LogP contribution is -2.14. The summed E-state index contributed by atoms with van der Waals surface area (Å²) in [5, 5.41) is 19.3. The van der Waals surface area contributed by atoms with Crippen LogP contribution in [-0.2, 0) is 4.79 Å². The Morgan fingerprint density at radius 2 is 2.13 bits per heavy atom. The lowest BCUT2D eigenvalue weighted by molar-refractivity contribution is -0.113. The Kier molecular flexibility index (Phi) is 4.89. The molecule has 5 aromatic rings. The average Bonchev–Trinajstić information content (AvgIpc) is 3.45. The van der Waals surface area contributed by atoms with Crippen molar-refractivity contribution in [1.82, 2.24) is 24.7 Å². The van der Waals surface area contributed by atoms with Crippen LogP contribution in [0.2, 0.25) is 5.02 Å². The molecule has 0 fully saturated rings. The van der Waals surface area contributed by atoms with Gasteiger partial charge in [0.1, 0.15) is 16.9 Å². The van der Waals surface area contributed by atoms with Gasteiger partial charge in [0.2, 0.25) is 5.91 Å². The number of halogens is 1. The summed E-state index contributed by atoms with van der Waals surface area (Å²) in [5.41, 5.74) is 2.74. The van der Waals surface area contributed by atoms with Crippen molar-refractivity contribution >= 4 is 62.3 Å². The van der Waals surface area contributed by atoms with Gasteiger partial charge >= 0.3 is 0 Å². The fourth-order valence-electron chi connectivity index (χ4n) is 3.00. The summed E-state index contributed by atoms with van der Waals surface area (Å²) in [4.78, 5) is 17.6. The van der Waals surface area contributed by atoms with E-state index in [2.05, 4.69) is 31.0 Å². The van der Waals surface area contributed by atoms with Crippen LogP contribution in [0.1, 0.15) is 5.76 Å². The first-order valence-corrected chi connectivity index (χ1v) is 11.1. The number of aromatic nitrogens is 5. The van der Waals surface area contributed by atoms with Crippen LogP contribution >= 0.6 is 34.7 Å². The third-order valence-electron chi connectivity index (χ3n) is 4.33. The number of anilines is 1. The fourth-order valence-corrected chi connectivity index (χ4v) is 4.74. The molecule has 0 unspecified atom stereocenters. The van der Waals surface area contributed by atoms with Crippen molar-refractivity contribution in [3.8, 4) is 11.1 Å². The predicted octanol–water partition coefficient (Wildman–Crippen LogP) is 4.69. The SMILES string of the molecule is Cc1cc(NC(=O)CSc2nnc3c4c(-c5ccc(Cl)cc5)csc4ncn23)no1. The lowest BCUT2D eigenvalue weighted by Gasteiger charge is -2.03. The summed E-state index contributed by atoms with van der Waals surface area (Å²) in [6.07, 6.45) is 1.68.